The molecule has 0 N–H and O–H groups in total. The molecule has 5 heteroatoms. The largest absolute Gasteiger partial charge is 0.305 e. The molecule has 0 saturated heterocycles. The van der Waals surface area contributed by atoms with Crippen LogP contribution in [-0.4, -0.2) is 23.3 Å². The maximum atomic E-state index is 13.8. The van der Waals surface area contributed by atoms with Gasteiger partial charge in [-0.25, -0.2) is 0 Å². The third-order valence-corrected chi connectivity index (χ3v) is 11.2. The number of unbranched alkanes of at least 4 members (excludes halogenated alkanes) is 3. The summed E-state index contributed by atoms with van der Waals surface area (Å²) in [5.74, 6) is -3.99. The Morgan fingerprint density at radius 3 is 2.22 bits per heavy atom. The van der Waals surface area contributed by atoms with Crippen molar-refractivity contribution in [2.45, 2.75) is 74.6 Å². The molecule has 0 aromatic rings. The highest BCUT2D eigenvalue weighted by molar-refractivity contribution is 14.1. The molecule has 0 amide bonds. The Hall–Kier alpha value is 0.477. The predicted molar refractivity (Wildman–Crippen MR) is 84.5 cm³/mol. The molecule has 0 heterocycles. The zero-order valence-corrected chi connectivity index (χ0v) is 15.0. The Labute approximate surface area is 124 Å². The first-order valence-corrected chi connectivity index (χ1v) is 11.5. The first-order valence-electron chi connectivity index (χ1n) is 6.66. The lowest BCUT2D eigenvalue weighted by Gasteiger charge is -2.27. The average Bonchev–Trinajstić information content (AvgIpc) is 2.22. The van der Waals surface area contributed by atoms with Crippen molar-refractivity contribution in [1.29, 1.82) is 0 Å². The van der Waals surface area contributed by atoms with Gasteiger partial charge in [0.1, 0.15) is 0 Å². The zero-order chi connectivity index (χ0) is 14.4. The molecule has 0 bridgehead atoms. The van der Waals surface area contributed by atoms with Crippen molar-refractivity contribution in [1.82, 2.24) is 0 Å². The Morgan fingerprint density at radius 2 is 1.78 bits per heavy atom. The molecule has 0 spiro atoms. The number of carbonyl (C=O) groups is 1. The van der Waals surface area contributed by atoms with Gasteiger partial charge in [0.2, 0.25) is 5.78 Å². The van der Waals surface area contributed by atoms with E-state index in [-0.39, 0.29) is 16.4 Å². The molecule has 0 rings (SSSR count). The van der Waals surface area contributed by atoms with Gasteiger partial charge < -0.3 is 0 Å². The fourth-order valence-electron chi connectivity index (χ4n) is 1.54. The van der Waals surface area contributed by atoms with Crippen molar-refractivity contribution in [3.8, 4) is 0 Å². The summed E-state index contributed by atoms with van der Waals surface area (Å²) >= 11 is 2.09. The van der Waals surface area contributed by atoms with E-state index in [1.54, 1.807) is 0 Å². The SMILES string of the molecule is CCCCCCC(=O)C(F)(F)CC(I)[Si](C)(C)C. The molecule has 0 radical (unpaired) electrons. The maximum Gasteiger partial charge on any atom is 0.305 e. The minimum absolute atomic E-state index is 0.0298. The third-order valence-electron chi connectivity index (χ3n) is 3.04. The number of Topliss-reactive ketones (excluding diaryl/α,β-unsaturated/α-hetero) is 1. The first-order chi connectivity index (χ1) is 8.11. The van der Waals surface area contributed by atoms with Gasteiger partial charge in [0.05, 0.1) is 8.07 Å². The smallest absolute Gasteiger partial charge is 0.293 e. The molecule has 0 aromatic heterocycles. The van der Waals surface area contributed by atoms with Gasteiger partial charge in [-0.05, 0) is 6.42 Å². The summed E-state index contributed by atoms with van der Waals surface area (Å²) in [5.41, 5.74) is 0. The van der Waals surface area contributed by atoms with Crippen LogP contribution in [0.5, 0.6) is 0 Å². The number of halogens is 3. The van der Waals surface area contributed by atoms with Crippen molar-refractivity contribution in [2.24, 2.45) is 0 Å². The summed E-state index contributed by atoms with van der Waals surface area (Å²) in [6.45, 7) is 8.24. The molecule has 0 aliphatic rings. The van der Waals surface area contributed by atoms with Gasteiger partial charge in [0.25, 0.3) is 0 Å². The Morgan fingerprint density at radius 1 is 1.22 bits per heavy atom. The van der Waals surface area contributed by atoms with Crippen LogP contribution in [0.15, 0.2) is 0 Å². The topological polar surface area (TPSA) is 17.1 Å². The number of alkyl halides is 3. The average molecular weight is 390 g/mol. The fourth-order valence-corrected chi connectivity index (χ4v) is 2.96. The summed E-state index contributed by atoms with van der Waals surface area (Å²) in [7, 11) is -1.61. The molecule has 108 valence electrons. The van der Waals surface area contributed by atoms with E-state index in [0.717, 1.165) is 19.3 Å². The fraction of sp³-hybridized carbons (Fsp3) is 0.923. The molecule has 0 aliphatic carbocycles. The lowest BCUT2D eigenvalue weighted by Crippen LogP contribution is -2.41. The van der Waals surface area contributed by atoms with Crippen molar-refractivity contribution < 1.29 is 13.6 Å². The summed E-state index contributed by atoms with van der Waals surface area (Å²) < 4.78 is 27.5. The number of hydrogen-bond donors (Lipinski definition) is 0. The summed E-state index contributed by atoms with van der Waals surface area (Å²) in [4.78, 5) is 11.6. The molecule has 1 atom stereocenters. The van der Waals surface area contributed by atoms with Gasteiger partial charge in [0, 0.05) is 16.4 Å². The lowest BCUT2D eigenvalue weighted by atomic mass is 10.0. The molecule has 1 nitrogen and oxygen atoms in total. The van der Waals surface area contributed by atoms with Gasteiger partial charge in [-0.3, -0.25) is 4.79 Å². The van der Waals surface area contributed by atoms with Gasteiger partial charge in [-0.2, -0.15) is 8.78 Å². The second-order valence-electron chi connectivity index (χ2n) is 5.98. The third kappa shape index (κ3) is 7.16. The van der Waals surface area contributed by atoms with Crippen molar-refractivity contribution in [3.63, 3.8) is 0 Å². The van der Waals surface area contributed by atoms with E-state index in [1.165, 1.54) is 0 Å². The second-order valence-corrected chi connectivity index (χ2v) is 14.1. The van der Waals surface area contributed by atoms with Crippen LogP contribution in [-0.2, 0) is 4.79 Å². The number of ketones is 1. The summed E-state index contributed by atoms with van der Waals surface area (Å²) in [6.07, 6.45) is 3.29. The van der Waals surface area contributed by atoms with Crippen LogP contribution in [0.25, 0.3) is 0 Å². The molecule has 0 aliphatic heterocycles. The van der Waals surface area contributed by atoms with E-state index >= 15 is 0 Å². The monoisotopic (exact) mass is 390 g/mol. The first kappa shape index (κ1) is 18.5. The van der Waals surface area contributed by atoms with Crippen molar-refractivity contribution in [2.75, 3.05) is 0 Å². The van der Waals surface area contributed by atoms with Crippen LogP contribution in [0.3, 0.4) is 0 Å². The quantitative estimate of drug-likeness (QED) is 0.228. The van der Waals surface area contributed by atoms with Crippen LogP contribution in [0.1, 0.15) is 45.4 Å². The molecule has 0 fully saturated rings. The predicted octanol–water partition coefficient (Wildman–Crippen LogP) is 5.23. The van der Waals surface area contributed by atoms with E-state index < -0.39 is 19.8 Å². The van der Waals surface area contributed by atoms with E-state index in [2.05, 4.69) is 49.2 Å². The van der Waals surface area contributed by atoms with Crippen LogP contribution >= 0.6 is 22.6 Å². The summed E-state index contributed by atoms with van der Waals surface area (Å²) in [5, 5.41) is 0. The van der Waals surface area contributed by atoms with Crippen LogP contribution in [0, 0.1) is 0 Å². The van der Waals surface area contributed by atoms with Crippen molar-refractivity contribution in [3.05, 3.63) is 0 Å². The molecule has 1 unspecified atom stereocenters. The van der Waals surface area contributed by atoms with E-state index in [9.17, 15) is 13.6 Å². The van der Waals surface area contributed by atoms with Crippen LogP contribution in [0.2, 0.25) is 19.6 Å². The summed E-state index contributed by atoms with van der Waals surface area (Å²) in [6, 6.07) is 0. The van der Waals surface area contributed by atoms with Crippen LogP contribution < -0.4 is 0 Å². The maximum absolute atomic E-state index is 13.8. The van der Waals surface area contributed by atoms with Gasteiger partial charge in [-0.1, -0.05) is 68.4 Å². The highest BCUT2D eigenvalue weighted by Crippen LogP contribution is 2.31. The molecular formula is C13H25F2IOSi. The van der Waals surface area contributed by atoms with Crippen LogP contribution in [0.4, 0.5) is 8.78 Å². The molecular weight excluding hydrogens is 365 g/mol. The van der Waals surface area contributed by atoms with E-state index in [1.807, 2.05) is 0 Å². The number of hydrogen-bond acceptors (Lipinski definition) is 1. The van der Waals surface area contributed by atoms with Gasteiger partial charge in [0.15, 0.2) is 0 Å². The standard InChI is InChI=1S/C13H25F2IOSi/c1-5-6-7-8-9-11(17)13(14,15)10-12(16)18(2,3)4/h12H,5-10H2,1-4H3. The Balaban J connectivity index is 4.23. The minimum atomic E-state index is -3.13. The number of carbonyl (C=O) groups excluding carboxylic acids is 1. The Bertz CT molecular complexity index is 264. The highest BCUT2D eigenvalue weighted by atomic mass is 127. The number of rotatable bonds is 9. The molecule has 0 saturated carbocycles. The van der Waals surface area contributed by atoms with E-state index in [0.29, 0.717) is 6.42 Å². The van der Waals surface area contributed by atoms with Crippen molar-refractivity contribution >= 4 is 36.4 Å². The normalized spacial score (nSPS) is 14.6. The molecule has 0 aromatic carbocycles. The molecule has 18 heavy (non-hydrogen) atoms. The zero-order valence-electron chi connectivity index (χ0n) is 11.9. The lowest BCUT2D eigenvalue weighted by molar-refractivity contribution is -0.143. The van der Waals surface area contributed by atoms with Gasteiger partial charge in [-0.15, -0.1) is 0 Å². The highest BCUT2D eigenvalue weighted by Gasteiger charge is 2.42. The van der Waals surface area contributed by atoms with E-state index in [4.69, 9.17) is 0 Å². The minimum Gasteiger partial charge on any atom is -0.293 e. The second kappa shape index (κ2) is 7.92. The Kier molecular flexibility index (Phi) is 8.13. The van der Waals surface area contributed by atoms with Gasteiger partial charge >= 0.3 is 5.92 Å².